The van der Waals surface area contributed by atoms with Crippen LogP contribution in [0.4, 0.5) is 0 Å². The van der Waals surface area contributed by atoms with Crippen molar-refractivity contribution < 1.29 is 0 Å². The van der Waals surface area contributed by atoms with E-state index in [-0.39, 0.29) is 0 Å². The van der Waals surface area contributed by atoms with Gasteiger partial charge in [0, 0.05) is 23.5 Å². The van der Waals surface area contributed by atoms with Crippen LogP contribution in [0.3, 0.4) is 0 Å². The van der Waals surface area contributed by atoms with E-state index in [0.717, 1.165) is 18.1 Å². The summed E-state index contributed by atoms with van der Waals surface area (Å²) in [5.41, 5.74) is 4.52. The molecule has 0 N–H and O–H groups in total. The van der Waals surface area contributed by atoms with E-state index in [2.05, 4.69) is 27.4 Å². The van der Waals surface area contributed by atoms with Crippen molar-refractivity contribution in [3.8, 4) is 0 Å². The topological polar surface area (TPSA) is 16.1 Å². The SMILES string of the molecule is Clc1ccc([C@H]2CCCN(Cc3cscn3)C2)cc1. The van der Waals surface area contributed by atoms with Gasteiger partial charge in [0.1, 0.15) is 0 Å². The summed E-state index contributed by atoms with van der Waals surface area (Å²) in [6.45, 7) is 3.29. The molecule has 2 nitrogen and oxygen atoms in total. The quantitative estimate of drug-likeness (QED) is 0.844. The number of aromatic nitrogens is 1. The van der Waals surface area contributed by atoms with Crippen LogP contribution in [-0.4, -0.2) is 23.0 Å². The molecule has 0 unspecified atom stereocenters. The highest BCUT2D eigenvalue weighted by Gasteiger charge is 2.21. The zero-order valence-corrected chi connectivity index (χ0v) is 12.3. The average molecular weight is 293 g/mol. The van der Waals surface area contributed by atoms with Gasteiger partial charge in [0.05, 0.1) is 11.2 Å². The van der Waals surface area contributed by atoms with Crippen LogP contribution in [0.2, 0.25) is 5.02 Å². The number of hydrogen-bond acceptors (Lipinski definition) is 3. The fourth-order valence-electron chi connectivity index (χ4n) is 2.75. The van der Waals surface area contributed by atoms with Crippen LogP contribution in [0.15, 0.2) is 35.2 Å². The second kappa shape index (κ2) is 6.04. The van der Waals surface area contributed by atoms with Crippen LogP contribution in [0.25, 0.3) is 0 Å². The van der Waals surface area contributed by atoms with E-state index < -0.39 is 0 Å². The lowest BCUT2D eigenvalue weighted by Crippen LogP contribution is -2.33. The van der Waals surface area contributed by atoms with Crippen molar-refractivity contribution in [2.24, 2.45) is 0 Å². The highest BCUT2D eigenvalue weighted by Crippen LogP contribution is 2.28. The Bertz CT molecular complexity index is 509. The largest absolute Gasteiger partial charge is 0.297 e. The molecule has 1 fully saturated rings. The average Bonchev–Trinajstić information content (AvgIpc) is 2.93. The number of hydrogen-bond donors (Lipinski definition) is 0. The minimum absolute atomic E-state index is 0.629. The Kier molecular flexibility index (Phi) is 4.16. The molecule has 100 valence electrons. The second-order valence-corrected chi connectivity index (χ2v) is 6.26. The Hall–Kier alpha value is -0.900. The predicted molar refractivity (Wildman–Crippen MR) is 80.8 cm³/mol. The Morgan fingerprint density at radius 1 is 1.32 bits per heavy atom. The van der Waals surface area contributed by atoms with Crippen molar-refractivity contribution in [1.29, 1.82) is 0 Å². The molecule has 1 aromatic carbocycles. The Morgan fingerprint density at radius 2 is 2.16 bits per heavy atom. The van der Waals surface area contributed by atoms with Crippen LogP contribution in [-0.2, 0) is 6.54 Å². The molecular formula is C15H17ClN2S. The Balaban J connectivity index is 1.66. The monoisotopic (exact) mass is 292 g/mol. The van der Waals surface area contributed by atoms with Crippen molar-refractivity contribution >= 4 is 22.9 Å². The lowest BCUT2D eigenvalue weighted by atomic mass is 9.90. The van der Waals surface area contributed by atoms with Crippen molar-refractivity contribution in [2.45, 2.75) is 25.3 Å². The summed E-state index contributed by atoms with van der Waals surface area (Å²) in [7, 11) is 0. The smallest absolute Gasteiger partial charge is 0.0795 e. The number of likely N-dealkylation sites (tertiary alicyclic amines) is 1. The minimum Gasteiger partial charge on any atom is -0.297 e. The molecule has 1 aliphatic rings. The zero-order valence-electron chi connectivity index (χ0n) is 10.8. The standard InChI is InChI=1S/C15H17ClN2S/c16-14-5-3-12(4-6-14)13-2-1-7-18(8-13)9-15-10-19-11-17-15/h3-6,10-11,13H,1-2,7-9H2/t13-/m0/s1. The van der Waals surface area contributed by atoms with Gasteiger partial charge in [-0.25, -0.2) is 4.98 Å². The first-order chi connectivity index (χ1) is 9.31. The molecule has 1 aromatic heterocycles. The van der Waals surface area contributed by atoms with Crippen molar-refractivity contribution in [3.05, 3.63) is 51.4 Å². The van der Waals surface area contributed by atoms with Crippen LogP contribution in [0.1, 0.15) is 30.0 Å². The molecule has 0 aliphatic carbocycles. The molecule has 0 spiro atoms. The fraction of sp³-hybridized carbons (Fsp3) is 0.400. The molecule has 0 amide bonds. The molecule has 1 saturated heterocycles. The van der Waals surface area contributed by atoms with Crippen molar-refractivity contribution in [2.75, 3.05) is 13.1 Å². The van der Waals surface area contributed by atoms with Gasteiger partial charge in [0.2, 0.25) is 0 Å². The number of piperidine rings is 1. The number of benzene rings is 1. The molecule has 2 heterocycles. The van der Waals surface area contributed by atoms with Gasteiger partial charge >= 0.3 is 0 Å². The summed E-state index contributed by atoms with van der Waals surface area (Å²) in [4.78, 5) is 6.89. The van der Waals surface area contributed by atoms with E-state index >= 15 is 0 Å². The number of nitrogens with zero attached hydrogens (tertiary/aromatic N) is 2. The first kappa shape index (κ1) is 13.1. The van der Waals surface area contributed by atoms with E-state index in [1.54, 1.807) is 11.3 Å². The fourth-order valence-corrected chi connectivity index (χ4v) is 3.43. The second-order valence-electron chi connectivity index (χ2n) is 5.11. The summed E-state index contributed by atoms with van der Waals surface area (Å²) in [6, 6.07) is 8.32. The maximum Gasteiger partial charge on any atom is 0.0795 e. The van der Waals surface area contributed by atoms with Crippen molar-refractivity contribution in [1.82, 2.24) is 9.88 Å². The lowest BCUT2D eigenvalue weighted by Gasteiger charge is -2.32. The number of halogens is 1. The van der Waals surface area contributed by atoms with Gasteiger partial charge in [0.15, 0.2) is 0 Å². The Morgan fingerprint density at radius 3 is 2.89 bits per heavy atom. The maximum absolute atomic E-state index is 5.96. The van der Waals surface area contributed by atoms with E-state index in [4.69, 9.17) is 11.6 Å². The highest BCUT2D eigenvalue weighted by molar-refractivity contribution is 7.07. The molecular weight excluding hydrogens is 276 g/mol. The molecule has 1 atom stereocenters. The summed E-state index contributed by atoms with van der Waals surface area (Å²) >= 11 is 7.63. The van der Waals surface area contributed by atoms with Gasteiger partial charge in [-0.3, -0.25) is 4.90 Å². The van der Waals surface area contributed by atoms with Gasteiger partial charge in [-0.2, -0.15) is 0 Å². The van der Waals surface area contributed by atoms with Gasteiger partial charge in [-0.05, 0) is 43.0 Å². The molecule has 2 aromatic rings. The van der Waals surface area contributed by atoms with Crippen LogP contribution < -0.4 is 0 Å². The van der Waals surface area contributed by atoms with E-state index in [0.29, 0.717) is 5.92 Å². The zero-order chi connectivity index (χ0) is 13.1. The van der Waals surface area contributed by atoms with Crippen LogP contribution in [0.5, 0.6) is 0 Å². The molecule has 0 bridgehead atoms. The van der Waals surface area contributed by atoms with Gasteiger partial charge in [-0.15, -0.1) is 11.3 Å². The van der Waals surface area contributed by atoms with Crippen LogP contribution >= 0.6 is 22.9 Å². The third-order valence-corrected chi connectivity index (χ3v) is 4.60. The van der Waals surface area contributed by atoms with Crippen LogP contribution in [0, 0.1) is 0 Å². The third-order valence-electron chi connectivity index (χ3n) is 3.72. The molecule has 1 aliphatic heterocycles. The minimum atomic E-state index is 0.629. The number of thiazole rings is 1. The van der Waals surface area contributed by atoms with Gasteiger partial charge in [-0.1, -0.05) is 23.7 Å². The van der Waals surface area contributed by atoms with Gasteiger partial charge in [0.25, 0.3) is 0 Å². The van der Waals surface area contributed by atoms with E-state index in [1.807, 2.05) is 17.6 Å². The van der Waals surface area contributed by atoms with E-state index in [1.165, 1.54) is 30.6 Å². The molecule has 4 heteroatoms. The predicted octanol–water partition coefficient (Wildman–Crippen LogP) is 4.18. The first-order valence-corrected chi connectivity index (χ1v) is 7.98. The maximum atomic E-state index is 5.96. The summed E-state index contributed by atoms with van der Waals surface area (Å²) in [5, 5.41) is 2.96. The third kappa shape index (κ3) is 3.35. The first-order valence-electron chi connectivity index (χ1n) is 6.66. The highest BCUT2D eigenvalue weighted by atomic mass is 35.5. The lowest BCUT2D eigenvalue weighted by molar-refractivity contribution is 0.198. The summed E-state index contributed by atoms with van der Waals surface area (Å²) < 4.78 is 0. The molecule has 3 rings (SSSR count). The van der Waals surface area contributed by atoms with Crippen molar-refractivity contribution in [3.63, 3.8) is 0 Å². The summed E-state index contributed by atoms with van der Waals surface area (Å²) in [5.74, 6) is 0.629. The molecule has 0 radical (unpaired) electrons. The Labute approximate surface area is 123 Å². The molecule has 0 saturated carbocycles. The normalized spacial score (nSPS) is 20.6. The number of rotatable bonds is 3. The molecule has 19 heavy (non-hydrogen) atoms. The summed E-state index contributed by atoms with van der Waals surface area (Å²) in [6.07, 6.45) is 2.53. The van der Waals surface area contributed by atoms with E-state index in [9.17, 15) is 0 Å². The van der Waals surface area contributed by atoms with Gasteiger partial charge < -0.3 is 0 Å².